The van der Waals surface area contributed by atoms with Crippen molar-refractivity contribution in [1.82, 2.24) is 14.5 Å². The SMILES string of the molecule is Cc1ccc([C@@H](C)n2c(C)cc(OCc3ncccn3)cc2=O)cc1. The molecule has 0 saturated carbocycles. The molecule has 2 aromatic heterocycles. The topological polar surface area (TPSA) is 57.0 Å². The van der Waals surface area contributed by atoms with Gasteiger partial charge in [0.2, 0.25) is 0 Å². The molecule has 0 fully saturated rings. The lowest BCUT2D eigenvalue weighted by Crippen LogP contribution is -2.25. The third-order valence-corrected chi connectivity index (χ3v) is 4.17. The zero-order chi connectivity index (χ0) is 17.8. The van der Waals surface area contributed by atoms with Gasteiger partial charge in [0, 0.05) is 24.2 Å². The summed E-state index contributed by atoms with van der Waals surface area (Å²) in [6.45, 7) is 6.22. The first kappa shape index (κ1) is 16.9. The van der Waals surface area contributed by atoms with Crippen molar-refractivity contribution < 1.29 is 4.74 Å². The summed E-state index contributed by atoms with van der Waals surface area (Å²) in [5, 5.41) is 0. The summed E-state index contributed by atoms with van der Waals surface area (Å²) in [7, 11) is 0. The van der Waals surface area contributed by atoms with E-state index in [1.165, 1.54) is 11.6 Å². The summed E-state index contributed by atoms with van der Waals surface area (Å²) in [4.78, 5) is 20.8. The van der Waals surface area contributed by atoms with Gasteiger partial charge in [-0.2, -0.15) is 0 Å². The number of hydrogen-bond donors (Lipinski definition) is 0. The van der Waals surface area contributed by atoms with Gasteiger partial charge in [-0.05, 0) is 38.5 Å². The van der Waals surface area contributed by atoms with Gasteiger partial charge in [-0.25, -0.2) is 9.97 Å². The smallest absolute Gasteiger partial charge is 0.254 e. The van der Waals surface area contributed by atoms with Crippen LogP contribution < -0.4 is 10.3 Å². The van der Waals surface area contributed by atoms with Crippen LogP contribution in [-0.2, 0) is 6.61 Å². The van der Waals surface area contributed by atoms with E-state index in [4.69, 9.17) is 4.74 Å². The predicted molar refractivity (Wildman–Crippen MR) is 96.8 cm³/mol. The summed E-state index contributed by atoms with van der Waals surface area (Å²) in [5.41, 5.74) is 3.07. The highest BCUT2D eigenvalue weighted by atomic mass is 16.5. The zero-order valence-corrected chi connectivity index (χ0v) is 14.6. The highest BCUT2D eigenvalue weighted by Crippen LogP contribution is 2.20. The third-order valence-electron chi connectivity index (χ3n) is 4.17. The Balaban J connectivity index is 1.82. The Morgan fingerprint density at radius 3 is 2.40 bits per heavy atom. The van der Waals surface area contributed by atoms with Crippen molar-refractivity contribution in [2.45, 2.75) is 33.4 Å². The van der Waals surface area contributed by atoms with E-state index in [9.17, 15) is 4.79 Å². The molecule has 3 rings (SSSR count). The molecule has 5 heteroatoms. The first-order valence-electron chi connectivity index (χ1n) is 8.23. The van der Waals surface area contributed by atoms with Gasteiger partial charge in [0.1, 0.15) is 12.4 Å². The van der Waals surface area contributed by atoms with Gasteiger partial charge in [-0.3, -0.25) is 4.79 Å². The summed E-state index contributed by atoms with van der Waals surface area (Å²) >= 11 is 0. The van der Waals surface area contributed by atoms with Crippen molar-refractivity contribution in [3.63, 3.8) is 0 Å². The normalized spacial score (nSPS) is 12.0. The fourth-order valence-electron chi connectivity index (χ4n) is 2.81. The lowest BCUT2D eigenvalue weighted by molar-refractivity contribution is 0.294. The molecule has 128 valence electrons. The number of aryl methyl sites for hydroxylation is 2. The lowest BCUT2D eigenvalue weighted by Gasteiger charge is -2.19. The summed E-state index contributed by atoms with van der Waals surface area (Å²) in [5.74, 6) is 1.11. The molecule has 0 bridgehead atoms. The highest BCUT2D eigenvalue weighted by Gasteiger charge is 2.13. The van der Waals surface area contributed by atoms with Crippen molar-refractivity contribution in [3.8, 4) is 5.75 Å². The van der Waals surface area contributed by atoms with Gasteiger partial charge < -0.3 is 9.30 Å². The highest BCUT2D eigenvalue weighted by molar-refractivity contribution is 5.28. The second-order valence-corrected chi connectivity index (χ2v) is 6.08. The molecular weight excluding hydrogens is 314 g/mol. The average molecular weight is 335 g/mol. The molecule has 0 aliphatic rings. The molecule has 2 heterocycles. The molecule has 3 aromatic rings. The van der Waals surface area contributed by atoms with E-state index in [-0.39, 0.29) is 18.2 Å². The van der Waals surface area contributed by atoms with Crippen LogP contribution in [-0.4, -0.2) is 14.5 Å². The minimum absolute atomic E-state index is 0.0420. The second kappa shape index (κ2) is 7.30. The van der Waals surface area contributed by atoms with Crippen LogP contribution in [0.1, 0.15) is 35.6 Å². The maximum Gasteiger partial charge on any atom is 0.254 e. The van der Waals surface area contributed by atoms with Crippen LogP contribution in [0.3, 0.4) is 0 Å². The van der Waals surface area contributed by atoms with Crippen molar-refractivity contribution in [2.24, 2.45) is 0 Å². The van der Waals surface area contributed by atoms with E-state index in [0.717, 1.165) is 11.3 Å². The Kier molecular flexibility index (Phi) is 4.93. The first-order valence-corrected chi connectivity index (χ1v) is 8.23. The maximum atomic E-state index is 12.6. The molecule has 0 amide bonds. The molecule has 0 saturated heterocycles. The Morgan fingerprint density at radius 2 is 1.76 bits per heavy atom. The van der Waals surface area contributed by atoms with Gasteiger partial charge in [0.05, 0.1) is 6.04 Å². The molecular formula is C20H21N3O2. The second-order valence-electron chi connectivity index (χ2n) is 6.08. The maximum absolute atomic E-state index is 12.6. The summed E-state index contributed by atoms with van der Waals surface area (Å²) < 4.78 is 7.45. The molecule has 0 unspecified atom stereocenters. The van der Waals surface area contributed by atoms with Gasteiger partial charge in [-0.1, -0.05) is 29.8 Å². The molecule has 0 aliphatic heterocycles. The molecule has 0 N–H and O–H groups in total. The van der Waals surface area contributed by atoms with Crippen LogP contribution in [0.15, 0.2) is 59.7 Å². The van der Waals surface area contributed by atoms with Crippen LogP contribution in [0.4, 0.5) is 0 Å². The Bertz CT molecular complexity index is 902. The van der Waals surface area contributed by atoms with Crippen LogP contribution in [0.5, 0.6) is 5.75 Å². The van der Waals surface area contributed by atoms with E-state index >= 15 is 0 Å². The molecule has 1 aromatic carbocycles. The summed E-state index contributed by atoms with van der Waals surface area (Å²) in [6.07, 6.45) is 3.33. The van der Waals surface area contributed by atoms with Crippen LogP contribution in [0.2, 0.25) is 0 Å². The lowest BCUT2D eigenvalue weighted by atomic mass is 10.1. The number of pyridine rings is 1. The van der Waals surface area contributed by atoms with E-state index < -0.39 is 0 Å². The van der Waals surface area contributed by atoms with Crippen molar-refractivity contribution in [1.29, 1.82) is 0 Å². The first-order chi connectivity index (χ1) is 12.0. The Labute approximate surface area is 147 Å². The predicted octanol–water partition coefficient (Wildman–Crippen LogP) is 3.44. The number of benzene rings is 1. The Morgan fingerprint density at radius 1 is 1.08 bits per heavy atom. The van der Waals surface area contributed by atoms with E-state index in [0.29, 0.717) is 11.6 Å². The van der Waals surface area contributed by atoms with E-state index in [1.54, 1.807) is 23.0 Å². The van der Waals surface area contributed by atoms with E-state index in [1.807, 2.05) is 19.9 Å². The monoisotopic (exact) mass is 335 g/mol. The van der Waals surface area contributed by atoms with Gasteiger partial charge in [0.25, 0.3) is 5.56 Å². The van der Waals surface area contributed by atoms with Gasteiger partial charge in [0.15, 0.2) is 5.82 Å². The number of rotatable bonds is 5. The minimum atomic E-state index is -0.0861. The number of aromatic nitrogens is 3. The summed E-state index contributed by atoms with van der Waals surface area (Å²) in [6, 6.07) is 13.3. The zero-order valence-electron chi connectivity index (χ0n) is 14.6. The van der Waals surface area contributed by atoms with Gasteiger partial charge >= 0.3 is 0 Å². The number of hydrogen-bond acceptors (Lipinski definition) is 4. The largest absolute Gasteiger partial charge is 0.485 e. The van der Waals surface area contributed by atoms with Crippen LogP contribution >= 0.6 is 0 Å². The third kappa shape index (κ3) is 3.94. The number of nitrogens with zero attached hydrogens (tertiary/aromatic N) is 3. The average Bonchev–Trinajstić information content (AvgIpc) is 2.61. The standard InChI is InChI=1S/C20H21N3O2/c1-14-5-7-17(8-6-14)16(3)23-15(2)11-18(12-20(23)24)25-13-19-21-9-4-10-22-19/h4-12,16H,13H2,1-3H3/t16-/m1/s1. The van der Waals surface area contributed by atoms with Crippen molar-refractivity contribution in [2.75, 3.05) is 0 Å². The van der Waals surface area contributed by atoms with Crippen molar-refractivity contribution >= 4 is 0 Å². The van der Waals surface area contributed by atoms with Crippen LogP contribution in [0, 0.1) is 13.8 Å². The number of ether oxygens (including phenoxy) is 1. The quantitative estimate of drug-likeness (QED) is 0.717. The Hall–Kier alpha value is -2.95. The molecule has 0 aliphatic carbocycles. The van der Waals surface area contributed by atoms with Crippen LogP contribution in [0.25, 0.3) is 0 Å². The molecule has 1 atom stereocenters. The molecule has 5 nitrogen and oxygen atoms in total. The molecule has 0 radical (unpaired) electrons. The fraction of sp³-hybridized carbons (Fsp3) is 0.250. The minimum Gasteiger partial charge on any atom is -0.485 e. The van der Waals surface area contributed by atoms with Gasteiger partial charge in [-0.15, -0.1) is 0 Å². The van der Waals surface area contributed by atoms with Crippen molar-refractivity contribution in [3.05, 3.63) is 87.9 Å². The van der Waals surface area contributed by atoms with E-state index in [2.05, 4.69) is 41.2 Å². The fourth-order valence-corrected chi connectivity index (χ4v) is 2.81. The molecule has 0 spiro atoms. The molecule has 25 heavy (non-hydrogen) atoms.